The number of hydrogen-bond acceptors (Lipinski definition) is 1. The maximum absolute atomic E-state index is 13.8. The van der Waals surface area contributed by atoms with Gasteiger partial charge in [-0.1, -0.05) is 54.8 Å². The predicted octanol–water partition coefficient (Wildman–Crippen LogP) is 4.89. The first-order valence-electron chi connectivity index (χ1n) is 8.00. The number of halogens is 1. The van der Waals surface area contributed by atoms with Crippen molar-refractivity contribution in [3.63, 3.8) is 0 Å². The molecule has 23 heavy (non-hydrogen) atoms. The van der Waals surface area contributed by atoms with E-state index >= 15 is 0 Å². The first-order valence-corrected chi connectivity index (χ1v) is 8.41. The highest BCUT2D eigenvalue weighted by Crippen LogP contribution is 2.39. The van der Waals surface area contributed by atoms with E-state index in [0.29, 0.717) is 10.8 Å². The molecule has 0 radical (unpaired) electrons. The van der Waals surface area contributed by atoms with Crippen LogP contribution in [-0.2, 0) is 5.54 Å². The summed E-state index contributed by atoms with van der Waals surface area (Å²) in [5.41, 5.74) is 2.75. The van der Waals surface area contributed by atoms with Crippen molar-refractivity contribution < 1.29 is 4.39 Å². The van der Waals surface area contributed by atoms with Gasteiger partial charge < -0.3 is 10.6 Å². The Morgan fingerprint density at radius 1 is 1.04 bits per heavy atom. The van der Waals surface area contributed by atoms with Gasteiger partial charge in [0, 0.05) is 0 Å². The third-order valence-electron chi connectivity index (χ3n) is 4.54. The molecule has 1 aliphatic rings. The summed E-state index contributed by atoms with van der Waals surface area (Å²) in [6.07, 6.45) is 4.41. The summed E-state index contributed by atoms with van der Waals surface area (Å²) in [6.45, 7) is 2.09. The Morgan fingerprint density at radius 2 is 1.70 bits per heavy atom. The zero-order valence-corrected chi connectivity index (χ0v) is 14.0. The first kappa shape index (κ1) is 15.9. The summed E-state index contributed by atoms with van der Waals surface area (Å²) in [5, 5.41) is 6.92. The monoisotopic (exact) mass is 328 g/mol. The van der Waals surface area contributed by atoms with E-state index in [0.717, 1.165) is 12.8 Å². The highest BCUT2D eigenvalue weighted by Gasteiger charge is 2.36. The second-order valence-corrected chi connectivity index (χ2v) is 6.62. The van der Waals surface area contributed by atoms with Gasteiger partial charge in [-0.3, -0.25) is 0 Å². The summed E-state index contributed by atoms with van der Waals surface area (Å²) in [7, 11) is 0. The number of nitrogens with one attached hydrogen (secondary N) is 2. The molecule has 0 aliphatic heterocycles. The summed E-state index contributed by atoms with van der Waals surface area (Å²) in [6, 6.07) is 15.2. The smallest absolute Gasteiger partial charge is 0.171 e. The zero-order valence-electron chi connectivity index (χ0n) is 13.2. The van der Waals surface area contributed by atoms with Gasteiger partial charge in [-0.05, 0) is 49.7 Å². The van der Waals surface area contributed by atoms with Crippen LogP contribution in [0.25, 0.3) is 0 Å². The van der Waals surface area contributed by atoms with Crippen LogP contribution in [0.1, 0.15) is 36.8 Å². The number of thiocarbonyl (C=S) groups is 1. The number of para-hydroxylation sites is 1. The van der Waals surface area contributed by atoms with E-state index in [4.69, 9.17) is 12.2 Å². The molecule has 120 valence electrons. The molecule has 0 amide bonds. The number of rotatable bonds is 3. The molecule has 0 spiro atoms. The number of benzene rings is 2. The van der Waals surface area contributed by atoms with Crippen molar-refractivity contribution in [1.82, 2.24) is 5.32 Å². The standard InChI is InChI=1S/C19H21FN2S/c1-14-8-10-15(11-9-14)19(12-4-5-13-19)22-18(23)21-17-7-3-2-6-16(17)20/h2-3,6-11H,4-5,12-13H2,1H3,(H2,21,22,23). The van der Waals surface area contributed by atoms with Crippen LogP contribution in [0.15, 0.2) is 48.5 Å². The molecule has 0 heterocycles. The zero-order chi connectivity index (χ0) is 16.3. The van der Waals surface area contributed by atoms with Crippen LogP contribution >= 0.6 is 12.2 Å². The fourth-order valence-electron chi connectivity index (χ4n) is 3.27. The molecule has 2 N–H and O–H groups in total. The SMILES string of the molecule is Cc1ccc(C2(NC(=S)Nc3ccccc3F)CCCC2)cc1. The van der Waals surface area contributed by atoms with Crippen LogP contribution in [0.5, 0.6) is 0 Å². The molecule has 2 nitrogen and oxygen atoms in total. The average molecular weight is 328 g/mol. The van der Waals surface area contributed by atoms with Crippen molar-refractivity contribution in [3.05, 3.63) is 65.5 Å². The van der Waals surface area contributed by atoms with E-state index in [2.05, 4.69) is 41.8 Å². The van der Waals surface area contributed by atoms with E-state index in [1.165, 1.54) is 30.0 Å². The minimum absolute atomic E-state index is 0.150. The Hall–Kier alpha value is -1.94. The molecule has 1 aliphatic carbocycles. The van der Waals surface area contributed by atoms with E-state index in [1.807, 2.05) is 0 Å². The van der Waals surface area contributed by atoms with Crippen molar-refractivity contribution in [2.24, 2.45) is 0 Å². The number of anilines is 1. The molecule has 0 aromatic heterocycles. The fourth-order valence-corrected chi connectivity index (χ4v) is 3.58. The maximum Gasteiger partial charge on any atom is 0.171 e. The van der Waals surface area contributed by atoms with E-state index < -0.39 is 0 Å². The molecular weight excluding hydrogens is 307 g/mol. The minimum atomic E-state index is -0.299. The molecule has 4 heteroatoms. The fraction of sp³-hybridized carbons (Fsp3) is 0.316. The summed E-state index contributed by atoms with van der Waals surface area (Å²) >= 11 is 5.44. The lowest BCUT2D eigenvalue weighted by atomic mass is 9.88. The van der Waals surface area contributed by atoms with Crippen molar-refractivity contribution in [1.29, 1.82) is 0 Å². The summed E-state index contributed by atoms with van der Waals surface area (Å²) in [4.78, 5) is 0. The lowest BCUT2D eigenvalue weighted by molar-refractivity contribution is 0.408. The lowest BCUT2D eigenvalue weighted by Crippen LogP contribution is -2.45. The normalized spacial score (nSPS) is 16.1. The van der Waals surface area contributed by atoms with Crippen LogP contribution in [0, 0.1) is 12.7 Å². The van der Waals surface area contributed by atoms with Gasteiger partial charge >= 0.3 is 0 Å². The van der Waals surface area contributed by atoms with Crippen molar-refractivity contribution in [2.45, 2.75) is 38.1 Å². The Bertz CT molecular complexity index is 691. The molecule has 2 aromatic rings. The topological polar surface area (TPSA) is 24.1 Å². The van der Waals surface area contributed by atoms with E-state index in [-0.39, 0.29) is 11.4 Å². The Balaban J connectivity index is 1.78. The average Bonchev–Trinajstić information content (AvgIpc) is 3.00. The first-order chi connectivity index (χ1) is 11.1. The van der Waals surface area contributed by atoms with Crippen molar-refractivity contribution >= 4 is 23.0 Å². The molecule has 0 saturated heterocycles. The van der Waals surface area contributed by atoms with Crippen LogP contribution < -0.4 is 10.6 Å². The molecule has 0 atom stereocenters. The predicted molar refractivity (Wildman–Crippen MR) is 97.1 cm³/mol. The summed E-state index contributed by atoms with van der Waals surface area (Å²) < 4.78 is 13.8. The van der Waals surface area contributed by atoms with Crippen LogP contribution in [0.4, 0.5) is 10.1 Å². The molecule has 1 saturated carbocycles. The Labute approximate surface area is 142 Å². The second-order valence-electron chi connectivity index (χ2n) is 6.21. The van der Waals surface area contributed by atoms with Crippen molar-refractivity contribution in [3.8, 4) is 0 Å². The quantitative estimate of drug-likeness (QED) is 0.785. The molecule has 1 fully saturated rings. The van der Waals surface area contributed by atoms with Crippen LogP contribution in [0.3, 0.4) is 0 Å². The van der Waals surface area contributed by atoms with Crippen LogP contribution in [0.2, 0.25) is 0 Å². The third kappa shape index (κ3) is 3.53. The molecule has 3 rings (SSSR count). The maximum atomic E-state index is 13.8. The highest BCUT2D eigenvalue weighted by atomic mass is 32.1. The van der Waals surface area contributed by atoms with Gasteiger partial charge in [-0.15, -0.1) is 0 Å². The van der Waals surface area contributed by atoms with Gasteiger partial charge in [-0.25, -0.2) is 4.39 Å². The van der Waals surface area contributed by atoms with Gasteiger partial charge in [0.25, 0.3) is 0 Å². The largest absolute Gasteiger partial charge is 0.353 e. The summed E-state index contributed by atoms with van der Waals surface area (Å²) in [5.74, 6) is -0.299. The Morgan fingerprint density at radius 3 is 2.35 bits per heavy atom. The Kier molecular flexibility index (Phi) is 4.62. The van der Waals surface area contributed by atoms with E-state index in [9.17, 15) is 4.39 Å². The number of hydrogen-bond donors (Lipinski definition) is 2. The van der Waals surface area contributed by atoms with Crippen molar-refractivity contribution in [2.75, 3.05) is 5.32 Å². The van der Waals surface area contributed by atoms with Gasteiger partial charge in [0.15, 0.2) is 5.11 Å². The van der Waals surface area contributed by atoms with Gasteiger partial charge in [0.1, 0.15) is 5.82 Å². The number of aryl methyl sites for hydroxylation is 1. The van der Waals surface area contributed by atoms with Crippen LogP contribution in [-0.4, -0.2) is 5.11 Å². The third-order valence-corrected chi connectivity index (χ3v) is 4.74. The van der Waals surface area contributed by atoms with Gasteiger partial charge in [-0.2, -0.15) is 0 Å². The lowest BCUT2D eigenvalue weighted by Gasteiger charge is -2.32. The minimum Gasteiger partial charge on any atom is -0.353 e. The molecule has 0 unspecified atom stereocenters. The molecular formula is C19H21FN2S. The van der Waals surface area contributed by atoms with Gasteiger partial charge in [0.05, 0.1) is 11.2 Å². The van der Waals surface area contributed by atoms with Gasteiger partial charge in [0.2, 0.25) is 0 Å². The second kappa shape index (κ2) is 6.67. The molecule has 2 aromatic carbocycles. The molecule has 0 bridgehead atoms. The van der Waals surface area contributed by atoms with E-state index in [1.54, 1.807) is 18.2 Å². The highest BCUT2D eigenvalue weighted by molar-refractivity contribution is 7.80.